The highest BCUT2D eigenvalue weighted by Gasteiger charge is 2.18. The fourth-order valence-corrected chi connectivity index (χ4v) is 2.73. The van der Waals surface area contributed by atoms with Crippen LogP contribution in [0.15, 0.2) is 54.6 Å². The van der Waals surface area contributed by atoms with Crippen molar-refractivity contribution < 1.29 is 18.3 Å². The van der Waals surface area contributed by atoms with Gasteiger partial charge in [0, 0.05) is 11.5 Å². The molecule has 0 aromatic heterocycles. The number of benzene rings is 2. The van der Waals surface area contributed by atoms with Crippen LogP contribution < -0.4 is 0 Å². The molecule has 1 heterocycles. The summed E-state index contributed by atoms with van der Waals surface area (Å²) in [5, 5.41) is 0. The Morgan fingerprint density at radius 2 is 1.70 bits per heavy atom. The van der Waals surface area contributed by atoms with Gasteiger partial charge in [-0.2, -0.15) is 0 Å². The zero-order valence-corrected chi connectivity index (χ0v) is 15.3. The van der Waals surface area contributed by atoms with E-state index in [0.29, 0.717) is 18.8 Å². The Balaban J connectivity index is 1.57. The van der Waals surface area contributed by atoms with Crippen molar-refractivity contribution in [3.05, 3.63) is 71.8 Å². The van der Waals surface area contributed by atoms with Crippen LogP contribution in [0.25, 0.3) is 11.1 Å². The molecule has 0 radical (unpaired) electrons. The van der Waals surface area contributed by atoms with Gasteiger partial charge in [0.05, 0.1) is 13.2 Å². The minimum atomic E-state index is -0.856. The SMILES string of the molecule is CCCC=C[C@H]1CO[C@H](C#Cc2ccc(-c3ccc(F)c(F)c3)cc2)OC1. The first-order chi connectivity index (χ1) is 13.2. The highest BCUT2D eigenvalue weighted by atomic mass is 19.2. The predicted octanol–water partition coefficient (Wildman–Crippen LogP) is 5.33. The smallest absolute Gasteiger partial charge is 0.222 e. The summed E-state index contributed by atoms with van der Waals surface area (Å²) in [6.45, 7) is 3.36. The molecule has 27 heavy (non-hydrogen) atoms. The Morgan fingerprint density at radius 1 is 1.00 bits per heavy atom. The maximum Gasteiger partial charge on any atom is 0.222 e. The molecular formula is C23H22F2O2. The number of unbranched alkanes of at least 4 members (excludes halogenated alkanes) is 1. The molecule has 1 saturated heterocycles. The topological polar surface area (TPSA) is 18.5 Å². The first-order valence-electron chi connectivity index (χ1n) is 9.12. The zero-order valence-electron chi connectivity index (χ0n) is 15.3. The summed E-state index contributed by atoms with van der Waals surface area (Å²) in [4.78, 5) is 0. The fourth-order valence-electron chi connectivity index (χ4n) is 2.73. The largest absolute Gasteiger partial charge is 0.341 e. The van der Waals surface area contributed by atoms with Crippen LogP contribution in [-0.2, 0) is 9.47 Å². The summed E-state index contributed by atoms with van der Waals surface area (Å²) in [6, 6.07) is 11.2. The van der Waals surface area contributed by atoms with Crippen molar-refractivity contribution in [2.24, 2.45) is 5.92 Å². The molecule has 0 unspecified atom stereocenters. The van der Waals surface area contributed by atoms with Gasteiger partial charge in [0.15, 0.2) is 11.6 Å². The Labute approximate surface area is 158 Å². The van der Waals surface area contributed by atoms with Gasteiger partial charge in [0.1, 0.15) is 0 Å². The van der Waals surface area contributed by atoms with Crippen molar-refractivity contribution in [3.8, 4) is 23.0 Å². The van der Waals surface area contributed by atoms with Crippen LogP contribution in [0.2, 0.25) is 0 Å². The summed E-state index contributed by atoms with van der Waals surface area (Å²) >= 11 is 0. The Morgan fingerprint density at radius 3 is 2.37 bits per heavy atom. The molecule has 1 aliphatic rings. The lowest BCUT2D eigenvalue weighted by atomic mass is 10.0. The van der Waals surface area contributed by atoms with E-state index in [-0.39, 0.29) is 5.92 Å². The standard InChI is InChI=1S/C23H22F2O2/c1-2-3-4-5-18-15-26-23(27-16-18)13-8-17-6-9-19(10-7-17)20-11-12-21(24)22(25)14-20/h4-7,9-12,14,18,23H,2-3,15-16H2,1H3/t18-,23-. The summed E-state index contributed by atoms with van der Waals surface area (Å²) in [6.07, 6.45) is 5.99. The average Bonchev–Trinajstić information content (AvgIpc) is 2.70. The highest BCUT2D eigenvalue weighted by molar-refractivity contribution is 5.64. The molecule has 140 valence electrons. The molecule has 2 aromatic carbocycles. The van der Waals surface area contributed by atoms with Gasteiger partial charge in [-0.1, -0.05) is 49.6 Å². The molecule has 0 saturated carbocycles. The second-order valence-corrected chi connectivity index (χ2v) is 6.45. The number of hydrogen-bond donors (Lipinski definition) is 0. The molecule has 3 rings (SSSR count). The van der Waals surface area contributed by atoms with Gasteiger partial charge in [-0.3, -0.25) is 0 Å². The van der Waals surface area contributed by atoms with Crippen molar-refractivity contribution >= 4 is 0 Å². The molecule has 0 aliphatic carbocycles. The van der Waals surface area contributed by atoms with Gasteiger partial charge in [0.2, 0.25) is 6.29 Å². The molecule has 0 N–H and O–H groups in total. The van der Waals surface area contributed by atoms with Crippen LogP contribution in [0.5, 0.6) is 0 Å². The van der Waals surface area contributed by atoms with E-state index in [1.165, 1.54) is 6.07 Å². The summed E-state index contributed by atoms with van der Waals surface area (Å²) in [5.41, 5.74) is 2.22. The summed E-state index contributed by atoms with van der Waals surface area (Å²) < 4.78 is 37.7. The van der Waals surface area contributed by atoms with E-state index < -0.39 is 17.9 Å². The van der Waals surface area contributed by atoms with E-state index in [1.54, 1.807) is 6.07 Å². The predicted molar refractivity (Wildman–Crippen MR) is 102 cm³/mol. The lowest BCUT2D eigenvalue weighted by Crippen LogP contribution is -2.30. The van der Waals surface area contributed by atoms with E-state index in [1.807, 2.05) is 24.3 Å². The average molecular weight is 368 g/mol. The van der Waals surface area contributed by atoms with Crippen molar-refractivity contribution in [3.63, 3.8) is 0 Å². The first-order valence-corrected chi connectivity index (χ1v) is 9.12. The number of allylic oxidation sites excluding steroid dienone is 1. The van der Waals surface area contributed by atoms with Gasteiger partial charge in [-0.25, -0.2) is 8.78 Å². The van der Waals surface area contributed by atoms with Gasteiger partial charge in [-0.05, 0) is 47.7 Å². The van der Waals surface area contributed by atoms with E-state index in [2.05, 4.69) is 30.9 Å². The quantitative estimate of drug-likeness (QED) is 0.536. The highest BCUT2D eigenvalue weighted by Crippen LogP contribution is 2.22. The van der Waals surface area contributed by atoms with E-state index in [4.69, 9.17) is 9.47 Å². The molecule has 2 aromatic rings. The van der Waals surface area contributed by atoms with Crippen LogP contribution >= 0.6 is 0 Å². The third kappa shape index (κ3) is 5.50. The Kier molecular flexibility index (Phi) is 6.75. The Bertz CT molecular complexity index is 839. The molecule has 2 nitrogen and oxygen atoms in total. The molecule has 0 spiro atoms. The van der Waals surface area contributed by atoms with Crippen molar-refractivity contribution in [1.29, 1.82) is 0 Å². The fraction of sp³-hybridized carbons (Fsp3) is 0.304. The molecule has 1 fully saturated rings. The first kappa shape index (κ1) is 19.3. The van der Waals surface area contributed by atoms with Crippen LogP contribution in [-0.4, -0.2) is 19.5 Å². The van der Waals surface area contributed by atoms with Crippen LogP contribution in [0.1, 0.15) is 25.3 Å². The van der Waals surface area contributed by atoms with Crippen LogP contribution in [0.3, 0.4) is 0 Å². The van der Waals surface area contributed by atoms with E-state index in [0.717, 1.165) is 30.0 Å². The van der Waals surface area contributed by atoms with Crippen molar-refractivity contribution in [1.82, 2.24) is 0 Å². The van der Waals surface area contributed by atoms with E-state index in [9.17, 15) is 8.78 Å². The minimum Gasteiger partial charge on any atom is -0.341 e. The molecule has 4 heteroatoms. The van der Waals surface area contributed by atoms with Crippen molar-refractivity contribution in [2.75, 3.05) is 13.2 Å². The maximum absolute atomic E-state index is 13.4. The third-order valence-corrected chi connectivity index (χ3v) is 4.26. The molecule has 0 atom stereocenters. The lowest BCUT2D eigenvalue weighted by Gasteiger charge is -2.24. The van der Waals surface area contributed by atoms with Gasteiger partial charge >= 0.3 is 0 Å². The molecule has 0 amide bonds. The second kappa shape index (κ2) is 9.45. The van der Waals surface area contributed by atoms with E-state index >= 15 is 0 Å². The number of ether oxygens (including phenoxy) is 2. The third-order valence-electron chi connectivity index (χ3n) is 4.26. The normalized spacial score (nSPS) is 19.7. The van der Waals surface area contributed by atoms with Crippen LogP contribution in [0.4, 0.5) is 8.78 Å². The number of halogens is 2. The van der Waals surface area contributed by atoms with Gasteiger partial charge in [0.25, 0.3) is 0 Å². The van der Waals surface area contributed by atoms with Gasteiger partial charge in [-0.15, -0.1) is 0 Å². The lowest BCUT2D eigenvalue weighted by molar-refractivity contribution is -0.160. The monoisotopic (exact) mass is 368 g/mol. The summed E-state index contributed by atoms with van der Waals surface area (Å²) in [7, 11) is 0. The summed E-state index contributed by atoms with van der Waals surface area (Å²) in [5.74, 6) is 4.58. The van der Waals surface area contributed by atoms with Crippen molar-refractivity contribution in [2.45, 2.75) is 26.1 Å². The number of rotatable bonds is 4. The molecule has 1 aliphatic heterocycles. The molecule has 0 bridgehead atoms. The molecular weight excluding hydrogens is 346 g/mol. The minimum absolute atomic E-state index is 0.282. The second-order valence-electron chi connectivity index (χ2n) is 6.45. The maximum atomic E-state index is 13.4. The van der Waals surface area contributed by atoms with Gasteiger partial charge < -0.3 is 9.47 Å². The number of hydrogen-bond acceptors (Lipinski definition) is 2. The zero-order chi connectivity index (χ0) is 19.1. The van der Waals surface area contributed by atoms with Crippen LogP contribution in [0, 0.1) is 29.4 Å². The Hall–Kier alpha value is -2.48.